The molecule has 5 rings (SSSR count). The highest BCUT2D eigenvalue weighted by atomic mass is 79.9. The molecule has 0 spiro atoms. The number of piperidine rings is 1. The Labute approximate surface area is 208 Å². The standard InChI is InChI=1S/C27H30BrN5O/c1-19(21-9-3-2-4-10-21)17-32-13-7-8-20(18-32)15-29-26-14-24(22-11-5-6-12-25(22)34)31-27-23(28)16-30-33(26)27/h2-6,9-12,14,16,19-20,29,34H,7-8,13,15,17-18H2,1H3. The van der Waals surface area contributed by atoms with Gasteiger partial charge in [0.25, 0.3) is 0 Å². The first-order valence-corrected chi connectivity index (χ1v) is 12.7. The third-order valence-corrected chi connectivity index (χ3v) is 7.24. The van der Waals surface area contributed by atoms with E-state index < -0.39 is 0 Å². The Bertz CT molecular complexity index is 1260. The van der Waals surface area contributed by atoms with Gasteiger partial charge in [-0.3, -0.25) is 0 Å². The molecule has 1 fully saturated rings. The van der Waals surface area contributed by atoms with Crippen molar-refractivity contribution in [1.82, 2.24) is 19.5 Å². The van der Waals surface area contributed by atoms with Gasteiger partial charge in [0.2, 0.25) is 0 Å². The molecule has 3 heterocycles. The van der Waals surface area contributed by atoms with E-state index in [4.69, 9.17) is 4.98 Å². The lowest BCUT2D eigenvalue weighted by atomic mass is 9.95. The molecule has 34 heavy (non-hydrogen) atoms. The molecule has 2 aromatic heterocycles. The van der Waals surface area contributed by atoms with E-state index >= 15 is 0 Å². The number of nitrogens with zero attached hydrogens (tertiary/aromatic N) is 4. The Kier molecular flexibility index (Phi) is 6.83. The zero-order chi connectivity index (χ0) is 23.5. The molecule has 176 valence electrons. The number of likely N-dealkylation sites (tertiary alicyclic amines) is 1. The molecular formula is C27H30BrN5O. The van der Waals surface area contributed by atoms with Crippen molar-refractivity contribution < 1.29 is 5.11 Å². The van der Waals surface area contributed by atoms with E-state index in [1.807, 2.05) is 28.8 Å². The molecule has 1 aliphatic heterocycles. The van der Waals surface area contributed by atoms with Crippen molar-refractivity contribution in [2.45, 2.75) is 25.7 Å². The van der Waals surface area contributed by atoms with Crippen molar-refractivity contribution >= 4 is 27.4 Å². The number of fused-ring (bicyclic) bond motifs is 1. The number of benzene rings is 2. The SMILES string of the molecule is CC(CN1CCCC(CNc2cc(-c3ccccc3O)nc3c(Br)cnn23)C1)c1ccccc1. The maximum atomic E-state index is 10.4. The Balaban J connectivity index is 1.30. The van der Waals surface area contributed by atoms with Crippen LogP contribution in [0.3, 0.4) is 0 Å². The van der Waals surface area contributed by atoms with Gasteiger partial charge in [-0.05, 0) is 64.8 Å². The Morgan fingerprint density at radius 2 is 1.94 bits per heavy atom. The van der Waals surface area contributed by atoms with Crippen LogP contribution in [0.2, 0.25) is 0 Å². The highest BCUT2D eigenvalue weighted by Crippen LogP contribution is 2.31. The minimum absolute atomic E-state index is 0.219. The van der Waals surface area contributed by atoms with Crippen LogP contribution in [0.25, 0.3) is 16.9 Å². The number of aromatic nitrogens is 3. The van der Waals surface area contributed by atoms with Gasteiger partial charge in [-0.1, -0.05) is 49.4 Å². The fourth-order valence-electron chi connectivity index (χ4n) is 4.90. The van der Waals surface area contributed by atoms with E-state index in [0.29, 0.717) is 17.4 Å². The molecule has 1 aliphatic rings. The number of hydrogen-bond donors (Lipinski definition) is 2. The summed E-state index contributed by atoms with van der Waals surface area (Å²) in [7, 11) is 0. The van der Waals surface area contributed by atoms with Gasteiger partial charge in [0.15, 0.2) is 5.65 Å². The lowest BCUT2D eigenvalue weighted by molar-refractivity contribution is 0.173. The molecule has 0 bridgehead atoms. The first kappa shape index (κ1) is 22.9. The first-order valence-electron chi connectivity index (χ1n) is 11.9. The van der Waals surface area contributed by atoms with Crippen LogP contribution < -0.4 is 5.32 Å². The molecular weight excluding hydrogens is 490 g/mol. The van der Waals surface area contributed by atoms with Crippen LogP contribution in [0.15, 0.2) is 71.3 Å². The minimum Gasteiger partial charge on any atom is -0.507 e. The quantitative estimate of drug-likeness (QED) is 0.323. The molecule has 4 aromatic rings. The van der Waals surface area contributed by atoms with Crippen LogP contribution in [0, 0.1) is 5.92 Å². The van der Waals surface area contributed by atoms with Crippen molar-refractivity contribution in [2.75, 3.05) is 31.5 Å². The van der Waals surface area contributed by atoms with Gasteiger partial charge in [-0.25, -0.2) is 4.98 Å². The zero-order valence-electron chi connectivity index (χ0n) is 19.4. The van der Waals surface area contributed by atoms with Crippen molar-refractivity contribution in [3.8, 4) is 17.0 Å². The van der Waals surface area contributed by atoms with Crippen molar-refractivity contribution in [1.29, 1.82) is 0 Å². The predicted octanol–water partition coefficient (Wildman–Crippen LogP) is 5.79. The van der Waals surface area contributed by atoms with E-state index in [-0.39, 0.29) is 5.75 Å². The number of para-hydroxylation sites is 1. The van der Waals surface area contributed by atoms with Gasteiger partial charge in [-0.2, -0.15) is 9.61 Å². The van der Waals surface area contributed by atoms with E-state index in [1.54, 1.807) is 12.3 Å². The molecule has 0 amide bonds. The molecule has 2 atom stereocenters. The highest BCUT2D eigenvalue weighted by molar-refractivity contribution is 9.10. The zero-order valence-corrected chi connectivity index (χ0v) is 20.9. The first-order chi connectivity index (χ1) is 16.6. The molecule has 2 N–H and O–H groups in total. The molecule has 6 nitrogen and oxygen atoms in total. The molecule has 0 aliphatic carbocycles. The molecule has 0 saturated carbocycles. The van der Waals surface area contributed by atoms with Crippen LogP contribution in [0.5, 0.6) is 5.75 Å². The second kappa shape index (κ2) is 10.2. The van der Waals surface area contributed by atoms with Crippen molar-refractivity contribution in [3.63, 3.8) is 0 Å². The van der Waals surface area contributed by atoms with Crippen LogP contribution in [-0.4, -0.2) is 50.8 Å². The number of phenols is 1. The summed E-state index contributed by atoms with van der Waals surface area (Å²) >= 11 is 3.56. The molecule has 1 saturated heterocycles. The minimum atomic E-state index is 0.219. The van der Waals surface area contributed by atoms with Gasteiger partial charge in [-0.15, -0.1) is 0 Å². The Morgan fingerprint density at radius 1 is 1.15 bits per heavy atom. The van der Waals surface area contributed by atoms with Crippen molar-refractivity contribution in [3.05, 3.63) is 76.9 Å². The highest BCUT2D eigenvalue weighted by Gasteiger charge is 2.22. The maximum Gasteiger partial charge on any atom is 0.172 e. The third kappa shape index (κ3) is 4.95. The monoisotopic (exact) mass is 519 g/mol. The summed E-state index contributed by atoms with van der Waals surface area (Å²) in [6, 6.07) is 20.1. The maximum absolute atomic E-state index is 10.4. The van der Waals surface area contributed by atoms with Gasteiger partial charge in [0.1, 0.15) is 11.6 Å². The largest absolute Gasteiger partial charge is 0.507 e. The van der Waals surface area contributed by atoms with Crippen LogP contribution >= 0.6 is 15.9 Å². The number of anilines is 1. The van der Waals surface area contributed by atoms with Crippen LogP contribution in [0.4, 0.5) is 5.82 Å². The number of halogens is 1. The third-order valence-electron chi connectivity index (χ3n) is 6.68. The summed E-state index contributed by atoms with van der Waals surface area (Å²) < 4.78 is 2.65. The van der Waals surface area contributed by atoms with E-state index in [9.17, 15) is 5.11 Å². The summed E-state index contributed by atoms with van der Waals surface area (Å²) in [4.78, 5) is 7.34. The summed E-state index contributed by atoms with van der Waals surface area (Å²) in [6.07, 6.45) is 4.19. The normalized spacial score (nSPS) is 17.6. The predicted molar refractivity (Wildman–Crippen MR) is 140 cm³/mol. The van der Waals surface area contributed by atoms with E-state index in [0.717, 1.165) is 47.8 Å². The lowest BCUT2D eigenvalue weighted by Gasteiger charge is -2.34. The van der Waals surface area contributed by atoms with Gasteiger partial charge < -0.3 is 15.3 Å². The number of hydrogen-bond acceptors (Lipinski definition) is 5. The second-order valence-electron chi connectivity index (χ2n) is 9.23. The molecule has 2 unspecified atom stereocenters. The fraction of sp³-hybridized carbons (Fsp3) is 0.333. The van der Waals surface area contributed by atoms with Crippen LogP contribution in [-0.2, 0) is 0 Å². The molecule has 7 heteroatoms. The second-order valence-corrected chi connectivity index (χ2v) is 10.1. The Hall–Kier alpha value is -2.90. The summed E-state index contributed by atoms with van der Waals surface area (Å²) in [5.41, 5.74) is 3.56. The lowest BCUT2D eigenvalue weighted by Crippen LogP contribution is -2.40. The van der Waals surface area contributed by atoms with E-state index in [2.05, 4.69) is 68.5 Å². The summed E-state index contributed by atoms with van der Waals surface area (Å²) in [5.74, 6) is 2.18. The summed E-state index contributed by atoms with van der Waals surface area (Å²) in [5, 5.41) is 18.5. The topological polar surface area (TPSA) is 65.7 Å². The fourth-order valence-corrected chi connectivity index (χ4v) is 5.25. The van der Waals surface area contributed by atoms with E-state index in [1.165, 1.54) is 18.4 Å². The molecule has 2 aromatic carbocycles. The average Bonchev–Trinajstić information content (AvgIpc) is 3.24. The average molecular weight is 520 g/mol. The van der Waals surface area contributed by atoms with Crippen LogP contribution in [0.1, 0.15) is 31.2 Å². The van der Waals surface area contributed by atoms with Gasteiger partial charge >= 0.3 is 0 Å². The Morgan fingerprint density at radius 3 is 2.76 bits per heavy atom. The number of rotatable bonds is 7. The number of aromatic hydroxyl groups is 1. The van der Waals surface area contributed by atoms with Crippen molar-refractivity contribution in [2.24, 2.45) is 5.92 Å². The number of nitrogens with one attached hydrogen (secondary N) is 1. The summed E-state index contributed by atoms with van der Waals surface area (Å²) in [6.45, 7) is 6.53. The smallest absolute Gasteiger partial charge is 0.172 e. The number of phenolic OH excluding ortho intramolecular Hbond substituents is 1. The van der Waals surface area contributed by atoms with Gasteiger partial charge in [0, 0.05) is 31.3 Å². The molecule has 0 radical (unpaired) electrons. The van der Waals surface area contributed by atoms with Gasteiger partial charge in [0.05, 0.1) is 16.4 Å².